The van der Waals surface area contributed by atoms with Gasteiger partial charge in [-0.15, -0.1) is 0 Å². The SMILES string of the molecule is Cc1ccc(C)c(C(C)CCC(=O)Cl)c1. The summed E-state index contributed by atoms with van der Waals surface area (Å²) in [4.78, 5) is 10.7. The lowest BCUT2D eigenvalue weighted by molar-refractivity contribution is -0.111. The fourth-order valence-electron chi connectivity index (χ4n) is 1.78. The zero-order valence-corrected chi connectivity index (χ0v) is 10.3. The average molecular weight is 225 g/mol. The number of aryl methyl sites for hydroxylation is 2. The molecule has 1 aromatic rings. The Hall–Kier alpha value is -0.820. The van der Waals surface area contributed by atoms with Crippen LogP contribution < -0.4 is 0 Å². The minimum atomic E-state index is -0.243. The van der Waals surface area contributed by atoms with E-state index in [0.717, 1.165) is 6.42 Å². The van der Waals surface area contributed by atoms with Gasteiger partial charge in [-0.25, -0.2) is 0 Å². The first-order valence-electron chi connectivity index (χ1n) is 5.26. The van der Waals surface area contributed by atoms with Crippen molar-refractivity contribution < 1.29 is 4.79 Å². The molecule has 1 aromatic carbocycles. The van der Waals surface area contributed by atoms with Gasteiger partial charge in [0.2, 0.25) is 5.24 Å². The second kappa shape index (κ2) is 5.32. The molecular formula is C13H17ClO. The van der Waals surface area contributed by atoms with Gasteiger partial charge in [0, 0.05) is 6.42 Å². The Morgan fingerprint density at radius 2 is 2.07 bits per heavy atom. The van der Waals surface area contributed by atoms with Crippen molar-refractivity contribution in [3.8, 4) is 0 Å². The van der Waals surface area contributed by atoms with Crippen molar-refractivity contribution >= 4 is 16.8 Å². The van der Waals surface area contributed by atoms with E-state index in [1.807, 2.05) is 0 Å². The molecule has 0 heterocycles. The molecule has 0 bridgehead atoms. The van der Waals surface area contributed by atoms with Gasteiger partial charge >= 0.3 is 0 Å². The molecule has 1 nitrogen and oxygen atoms in total. The van der Waals surface area contributed by atoms with Crippen LogP contribution in [0.25, 0.3) is 0 Å². The summed E-state index contributed by atoms with van der Waals surface area (Å²) in [6.07, 6.45) is 1.28. The van der Waals surface area contributed by atoms with E-state index in [0.29, 0.717) is 12.3 Å². The zero-order chi connectivity index (χ0) is 11.4. The molecule has 1 unspecified atom stereocenters. The Balaban J connectivity index is 2.76. The van der Waals surface area contributed by atoms with E-state index in [2.05, 4.69) is 39.0 Å². The first-order chi connectivity index (χ1) is 7.00. The summed E-state index contributed by atoms with van der Waals surface area (Å²) in [6.45, 7) is 6.33. The van der Waals surface area contributed by atoms with Gasteiger partial charge in [0.05, 0.1) is 0 Å². The van der Waals surface area contributed by atoms with Crippen molar-refractivity contribution in [2.75, 3.05) is 0 Å². The first kappa shape index (κ1) is 12.3. The third-order valence-corrected chi connectivity index (χ3v) is 2.93. The standard InChI is InChI=1S/C13H17ClO/c1-9-4-5-10(2)12(8-9)11(3)6-7-13(14)15/h4-5,8,11H,6-7H2,1-3H3. The molecule has 0 saturated heterocycles. The number of rotatable bonds is 4. The molecule has 0 aromatic heterocycles. The maximum atomic E-state index is 10.7. The molecule has 0 radical (unpaired) electrons. The van der Waals surface area contributed by atoms with Crippen LogP contribution in [0.2, 0.25) is 0 Å². The summed E-state index contributed by atoms with van der Waals surface area (Å²) < 4.78 is 0. The highest BCUT2D eigenvalue weighted by molar-refractivity contribution is 6.63. The molecule has 0 N–H and O–H groups in total. The minimum Gasteiger partial charge on any atom is -0.281 e. The molecule has 0 aliphatic heterocycles. The van der Waals surface area contributed by atoms with Crippen molar-refractivity contribution in [2.45, 2.75) is 39.5 Å². The Bertz CT molecular complexity index is 358. The molecule has 0 spiro atoms. The van der Waals surface area contributed by atoms with E-state index in [1.165, 1.54) is 16.7 Å². The molecule has 2 heteroatoms. The third-order valence-electron chi connectivity index (χ3n) is 2.74. The van der Waals surface area contributed by atoms with Crippen molar-refractivity contribution in [1.82, 2.24) is 0 Å². The molecule has 0 amide bonds. The van der Waals surface area contributed by atoms with Crippen molar-refractivity contribution in [2.24, 2.45) is 0 Å². The van der Waals surface area contributed by atoms with Gasteiger partial charge in [-0.2, -0.15) is 0 Å². The Morgan fingerprint density at radius 1 is 1.40 bits per heavy atom. The van der Waals surface area contributed by atoms with Crippen LogP contribution in [0.3, 0.4) is 0 Å². The highest BCUT2D eigenvalue weighted by Gasteiger charge is 2.10. The zero-order valence-electron chi connectivity index (χ0n) is 9.51. The maximum absolute atomic E-state index is 10.7. The van der Waals surface area contributed by atoms with Gasteiger partial charge in [0.15, 0.2) is 0 Å². The van der Waals surface area contributed by atoms with Crippen molar-refractivity contribution in [3.05, 3.63) is 34.9 Å². The lowest BCUT2D eigenvalue weighted by atomic mass is 9.91. The molecule has 0 aliphatic carbocycles. The smallest absolute Gasteiger partial charge is 0.221 e. The van der Waals surface area contributed by atoms with E-state index >= 15 is 0 Å². The van der Waals surface area contributed by atoms with Gasteiger partial charge in [-0.05, 0) is 48.9 Å². The fourth-order valence-corrected chi connectivity index (χ4v) is 1.89. The van der Waals surface area contributed by atoms with Crippen LogP contribution in [-0.2, 0) is 4.79 Å². The molecule has 1 atom stereocenters. The average Bonchev–Trinajstić information content (AvgIpc) is 2.18. The fraction of sp³-hybridized carbons (Fsp3) is 0.462. The van der Waals surface area contributed by atoms with Crippen LogP contribution in [0.1, 0.15) is 42.4 Å². The van der Waals surface area contributed by atoms with Crippen molar-refractivity contribution in [3.63, 3.8) is 0 Å². The minimum absolute atomic E-state index is 0.243. The topological polar surface area (TPSA) is 17.1 Å². The van der Waals surface area contributed by atoms with E-state index in [1.54, 1.807) is 0 Å². The molecule has 1 rings (SSSR count). The number of hydrogen-bond donors (Lipinski definition) is 0. The predicted octanol–water partition coefficient (Wildman–Crippen LogP) is 3.95. The Kier molecular flexibility index (Phi) is 4.34. The summed E-state index contributed by atoms with van der Waals surface area (Å²) in [7, 11) is 0. The summed E-state index contributed by atoms with van der Waals surface area (Å²) in [5, 5.41) is -0.243. The number of benzene rings is 1. The number of hydrogen-bond acceptors (Lipinski definition) is 1. The Labute approximate surface area is 96.5 Å². The molecule has 0 saturated carbocycles. The van der Waals surface area contributed by atoms with Crippen LogP contribution in [0.5, 0.6) is 0 Å². The summed E-state index contributed by atoms with van der Waals surface area (Å²) in [5.74, 6) is 0.396. The third kappa shape index (κ3) is 3.67. The lowest BCUT2D eigenvalue weighted by Crippen LogP contribution is -1.99. The van der Waals surface area contributed by atoms with Gasteiger partial charge in [-0.1, -0.05) is 30.7 Å². The predicted molar refractivity (Wildman–Crippen MR) is 64.4 cm³/mol. The van der Waals surface area contributed by atoms with Crippen LogP contribution in [0.4, 0.5) is 0 Å². The van der Waals surface area contributed by atoms with E-state index in [-0.39, 0.29) is 5.24 Å². The van der Waals surface area contributed by atoms with Crippen LogP contribution in [0, 0.1) is 13.8 Å². The number of carbonyl (C=O) groups is 1. The lowest BCUT2D eigenvalue weighted by Gasteiger charge is -2.14. The summed E-state index contributed by atoms with van der Waals surface area (Å²) >= 11 is 5.34. The quantitative estimate of drug-likeness (QED) is 0.708. The molecule has 0 aliphatic rings. The van der Waals surface area contributed by atoms with Crippen LogP contribution in [-0.4, -0.2) is 5.24 Å². The van der Waals surface area contributed by atoms with Gasteiger partial charge < -0.3 is 0 Å². The van der Waals surface area contributed by atoms with Crippen LogP contribution >= 0.6 is 11.6 Å². The number of carbonyl (C=O) groups excluding carboxylic acids is 1. The summed E-state index contributed by atoms with van der Waals surface area (Å²) in [6, 6.07) is 6.43. The largest absolute Gasteiger partial charge is 0.281 e. The first-order valence-corrected chi connectivity index (χ1v) is 5.64. The van der Waals surface area contributed by atoms with Crippen LogP contribution in [0.15, 0.2) is 18.2 Å². The molecular weight excluding hydrogens is 208 g/mol. The second-order valence-electron chi connectivity index (χ2n) is 4.15. The summed E-state index contributed by atoms with van der Waals surface area (Å²) in [5.41, 5.74) is 3.88. The van der Waals surface area contributed by atoms with E-state index in [9.17, 15) is 4.79 Å². The Morgan fingerprint density at radius 3 is 2.67 bits per heavy atom. The van der Waals surface area contributed by atoms with Crippen molar-refractivity contribution in [1.29, 1.82) is 0 Å². The second-order valence-corrected chi connectivity index (χ2v) is 4.58. The maximum Gasteiger partial charge on any atom is 0.221 e. The highest BCUT2D eigenvalue weighted by Crippen LogP contribution is 2.25. The normalized spacial score (nSPS) is 12.5. The molecule has 0 fully saturated rings. The van der Waals surface area contributed by atoms with Gasteiger partial charge in [0.25, 0.3) is 0 Å². The van der Waals surface area contributed by atoms with E-state index < -0.39 is 0 Å². The van der Waals surface area contributed by atoms with Gasteiger partial charge in [0.1, 0.15) is 0 Å². The monoisotopic (exact) mass is 224 g/mol. The molecule has 82 valence electrons. The highest BCUT2D eigenvalue weighted by atomic mass is 35.5. The molecule has 15 heavy (non-hydrogen) atoms. The van der Waals surface area contributed by atoms with E-state index in [4.69, 9.17) is 11.6 Å². The van der Waals surface area contributed by atoms with Gasteiger partial charge in [-0.3, -0.25) is 4.79 Å². The number of halogens is 1.